The summed E-state index contributed by atoms with van der Waals surface area (Å²) in [5, 5.41) is 2.83. The SMILES string of the molecule is COc1ccc(Br)cc1NC(=O)Cc1ccccc1N. The van der Waals surface area contributed by atoms with Gasteiger partial charge in [-0.25, -0.2) is 0 Å². The molecule has 0 unspecified atom stereocenters. The van der Waals surface area contributed by atoms with Gasteiger partial charge in [0.25, 0.3) is 0 Å². The summed E-state index contributed by atoms with van der Waals surface area (Å²) in [6.07, 6.45) is 0.225. The third-order valence-corrected chi connectivity index (χ3v) is 3.33. The monoisotopic (exact) mass is 334 g/mol. The number of para-hydroxylation sites is 1. The highest BCUT2D eigenvalue weighted by Crippen LogP contribution is 2.28. The van der Waals surface area contributed by atoms with Crippen LogP contribution in [0.5, 0.6) is 5.75 Å². The number of halogens is 1. The molecule has 0 aliphatic carbocycles. The second-order valence-corrected chi connectivity index (χ2v) is 5.18. The second-order valence-electron chi connectivity index (χ2n) is 4.27. The smallest absolute Gasteiger partial charge is 0.228 e. The highest BCUT2D eigenvalue weighted by Gasteiger charge is 2.10. The van der Waals surface area contributed by atoms with Crippen LogP contribution >= 0.6 is 15.9 Å². The molecule has 0 bridgehead atoms. The second kappa shape index (κ2) is 6.43. The number of rotatable bonds is 4. The number of hydrogen-bond acceptors (Lipinski definition) is 3. The Hall–Kier alpha value is -2.01. The lowest BCUT2D eigenvalue weighted by Crippen LogP contribution is -2.15. The fourth-order valence-electron chi connectivity index (χ4n) is 1.84. The molecule has 4 nitrogen and oxygen atoms in total. The Labute approximate surface area is 126 Å². The van der Waals surface area contributed by atoms with Crippen molar-refractivity contribution in [1.82, 2.24) is 0 Å². The van der Waals surface area contributed by atoms with Crippen LogP contribution in [0.3, 0.4) is 0 Å². The molecule has 2 aromatic rings. The first-order valence-corrected chi connectivity index (χ1v) is 6.86. The lowest BCUT2D eigenvalue weighted by atomic mass is 10.1. The number of nitrogens with one attached hydrogen (secondary N) is 1. The number of methoxy groups -OCH3 is 1. The van der Waals surface area contributed by atoms with E-state index < -0.39 is 0 Å². The van der Waals surface area contributed by atoms with Gasteiger partial charge in [0, 0.05) is 10.2 Å². The topological polar surface area (TPSA) is 64.3 Å². The van der Waals surface area contributed by atoms with E-state index in [1.165, 1.54) is 0 Å². The number of ether oxygens (including phenoxy) is 1. The zero-order valence-corrected chi connectivity index (χ0v) is 12.6. The Balaban J connectivity index is 2.12. The molecule has 2 aromatic carbocycles. The van der Waals surface area contributed by atoms with Crippen LogP contribution in [-0.4, -0.2) is 13.0 Å². The van der Waals surface area contributed by atoms with E-state index in [1.807, 2.05) is 24.3 Å². The molecule has 0 fully saturated rings. The summed E-state index contributed by atoms with van der Waals surface area (Å²) in [6, 6.07) is 12.8. The molecule has 0 atom stereocenters. The minimum absolute atomic E-state index is 0.140. The molecule has 5 heteroatoms. The predicted octanol–water partition coefficient (Wildman–Crippen LogP) is 3.22. The van der Waals surface area contributed by atoms with Gasteiger partial charge in [-0.2, -0.15) is 0 Å². The van der Waals surface area contributed by atoms with Gasteiger partial charge in [-0.15, -0.1) is 0 Å². The molecule has 0 saturated heterocycles. The zero-order valence-electron chi connectivity index (χ0n) is 11.0. The fourth-order valence-corrected chi connectivity index (χ4v) is 2.20. The van der Waals surface area contributed by atoms with Crippen molar-refractivity contribution < 1.29 is 9.53 Å². The first kappa shape index (κ1) is 14.4. The van der Waals surface area contributed by atoms with E-state index in [0.29, 0.717) is 17.1 Å². The van der Waals surface area contributed by atoms with Crippen LogP contribution in [0.15, 0.2) is 46.9 Å². The minimum Gasteiger partial charge on any atom is -0.495 e. The average Bonchev–Trinajstić information content (AvgIpc) is 2.41. The van der Waals surface area contributed by atoms with Gasteiger partial charge in [-0.1, -0.05) is 34.1 Å². The number of nitrogen functional groups attached to an aromatic ring is 1. The minimum atomic E-state index is -0.140. The molecule has 3 N–H and O–H groups in total. The maximum absolute atomic E-state index is 12.1. The third kappa shape index (κ3) is 3.51. The normalized spacial score (nSPS) is 10.1. The van der Waals surface area contributed by atoms with Gasteiger partial charge in [0.2, 0.25) is 5.91 Å². The summed E-state index contributed by atoms with van der Waals surface area (Å²) in [7, 11) is 1.56. The molecule has 0 saturated carbocycles. The Bertz CT molecular complexity index is 629. The molecular formula is C15H15BrN2O2. The van der Waals surface area contributed by atoms with E-state index in [2.05, 4.69) is 21.2 Å². The summed E-state index contributed by atoms with van der Waals surface area (Å²) in [4.78, 5) is 12.1. The summed E-state index contributed by atoms with van der Waals surface area (Å²) in [6.45, 7) is 0. The van der Waals surface area contributed by atoms with Crippen molar-refractivity contribution >= 4 is 33.2 Å². The van der Waals surface area contributed by atoms with Gasteiger partial charge in [0.05, 0.1) is 19.2 Å². The van der Waals surface area contributed by atoms with Gasteiger partial charge in [-0.3, -0.25) is 4.79 Å². The van der Waals surface area contributed by atoms with Crippen molar-refractivity contribution in [2.24, 2.45) is 0 Å². The summed E-state index contributed by atoms with van der Waals surface area (Å²) in [5.74, 6) is 0.474. The number of hydrogen-bond donors (Lipinski definition) is 2. The van der Waals surface area contributed by atoms with Crippen LogP contribution in [0.25, 0.3) is 0 Å². The number of benzene rings is 2. The Morgan fingerprint density at radius 2 is 2.05 bits per heavy atom. The van der Waals surface area contributed by atoms with Gasteiger partial charge in [0.15, 0.2) is 0 Å². The molecule has 0 spiro atoms. The van der Waals surface area contributed by atoms with E-state index in [9.17, 15) is 4.79 Å². The van der Waals surface area contributed by atoms with Crippen LogP contribution in [0.2, 0.25) is 0 Å². The van der Waals surface area contributed by atoms with Gasteiger partial charge < -0.3 is 15.8 Å². The molecule has 0 aliphatic rings. The van der Waals surface area contributed by atoms with E-state index in [1.54, 1.807) is 25.3 Å². The van der Waals surface area contributed by atoms with Crippen LogP contribution in [0.1, 0.15) is 5.56 Å². The number of carbonyl (C=O) groups excluding carboxylic acids is 1. The maximum Gasteiger partial charge on any atom is 0.228 e. The Morgan fingerprint density at radius 1 is 1.30 bits per heavy atom. The highest BCUT2D eigenvalue weighted by atomic mass is 79.9. The van der Waals surface area contributed by atoms with Gasteiger partial charge in [0.1, 0.15) is 5.75 Å². The molecular weight excluding hydrogens is 320 g/mol. The highest BCUT2D eigenvalue weighted by molar-refractivity contribution is 9.10. The Kier molecular flexibility index (Phi) is 4.63. The van der Waals surface area contributed by atoms with Crippen molar-refractivity contribution in [3.63, 3.8) is 0 Å². The Morgan fingerprint density at radius 3 is 2.75 bits per heavy atom. The summed E-state index contributed by atoms with van der Waals surface area (Å²) >= 11 is 3.37. The lowest BCUT2D eigenvalue weighted by Gasteiger charge is -2.11. The van der Waals surface area contributed by atoms with E-state index >= 15 is 0 Å². The van der Waals surface area contributed by atoms with Crippen molar-refractivity contribution in [2.75, 3.05) is 18.2 Å². The van der Waals surface area contributed by atoms with E-state index in [0.717, 1.165) is 10.0 Å². The van der Waals surface area contributed by atoms with Gasteiger partial charge in [-0.05, 0) is 29.8 Å². The average molecular weight is 335 g/mol. The quantitative estimate of drug-likeness (QED) is 0.843. The third-order valence-electron chi connectivity index (χ3n) is 2.84. The van der Waals surface area contributed by atoms with Crippen LogP contribution in [0, 0.1) is 0 Å². The maximum atomic E-state index is 12.1. The summed E-state index contributed by atoms with van der Waals surface area (Å²) < 4.78 is 6.08. The molecule has 104 valence electrons. The van der Waals surface area contributed by atoms with Crippen LogP contribution < -0.4 is 15.8 Å². The number of anilines is 2. The van der Waals surface area contributed by atoms with E-state index in [-0.39, 0.29) is 12.3 Å². The first-order chi connectivity index (χ1) is 9.60. The predicted molar refractivity (Wildman–Crippen MR) is 83.9 cm³/mol. The van der Waals surface area contributed by atoms with Crippen molar-refractivity contribution in [2.45, 2.75) is 6.42 Å². The summed E-state index contributed by atoms with van der Waals surface area (Å²) in [5.41, 5.74) is 7.88. The fraction of sp³-hybridized carbons (Fsp3) is 0.133. The molecule has 0 aromatic heterocycles. The van der Waals surface area contributed by atoms with Gasteiger partial charge >= 0.3 is 0 Å². The lowest BCUT2D eigenvalue weighted by molar-refractivity contribution is -0.115. The zero-order chi connectivity index (χ0) is 14.5. The van der Waals surface area contributed by atoms with Crippen molar-refractivity contribution in [3.8, 4) is 5.75 Å². The standard InChI is InChI=1S/C15H15BrN2O2/c1-20-14-7-6-11(16)9-13(14)18-15(19)8-10-4-2-3-5-12(10)17/h2-7,9H,8,17H2,1H3,(H,18,19). The van der Waals surface area contributed by atoms with Crippen LogP contribution in [0.4, 0.5) is 11.4 Å². The van der Waals surface area contributed by atoms with Crippen LogP contribution in [-0.2, 0) is 11.2 Å². The molecule has 0 aliphatic heterocycles. The molecule has 0 radical (unpaired) electrons. The van der Waals surface area contributed by atoms with E-state index in [4.69, 9.17) is 10.5 Å². The molecule has 1 amide bonds. The largest absolute Gasteiger partial charge is 0.495 e. The molecule has 0 heterocycles. The number of carbonyl (C=O) groups is 1. The number of amides is 1. The molecule has 2 rings (SSSR count). The van der Waals surface area contributed by atoms with Crippen molar-refractivity contribution in [1.29, 1.82) is 0 Å². The van der Waals surface area contributed by atoms with Crippen molar-refractivity contribution in [3.05, 3.63) is 52.5 Å². The molecule has 20 heavy (non-hydrogen) atoms. The number of nitrogens with two attached hydrogens (primary N) is 1. The first-order valence-electron chi connectivity index (χ1n) is 6.07.